The first-order chi connectivity index (χ1) is 10.1. The number of amides is 1. The summed E-state index contributed by atoms with van der Waals surface area (Å²) < 4.78 is 0.797. The van der Waals surface area contributed by atoms with Crippen LogP contribution in [0.5, 0.6) is 0 Å². The number of carbonyl (C=O) groups is 2. The Morgan fingerprint density at radius 1 is 1.43 bits per heavy atom. The van der Waals surface area contributed by atoms with E-state index in [2.05, 4.69) is 40.0 Å². The average molecular weight is 394 g/mol. The van der Waals surface area contributed by atoms with E-state index in [1.54, 1.807) is 6.92 Å². The minimum atomic E-state index is -0.216. The predicted molar refractivity (Wildman–Crippen MR) is 88.2 cm³/mol. The summed E-state index contributed by atoms with van der Waals surface area (Å²) in [6, 6.07) is 8.17. The molecule has 3 aliphatic rings. The molecule has 1 amide bonds. The quantitative estimate of drug-likeness (QED) is 0.689. The van der Waals surface area contributed by atoms with Crippen molar-refractivity contribution in [3.05, 3.63) is 39.1 Å². The molecule has 108 valence electrons. The number of para-hydroxylation sites is 1. The maximum absolute atomic E-state index is 12.4. The first kappa shape index (κ1) is 13.3. The first-order valence-corrected chi connectivity index (χ1v) is 8.21. The summed E-state index contributed by atoms with van der Waals surface area (Å²) >= 11 is 2.16. The maximum Gasteiger partial charge on any atom is 0.219 e. The van der Waals surface area contributed by atoms with Crippen LogP contribution in [0.1, 0.15) is 25.3 Å². The van der Waals surface area contributed by atoms with Crippen molar-refractivity contribution < 1.29 is 9.59 Å². The molecule has 0 unspecified atom stereocenters. The van der Waals surface area contributed by atoms with Gasteiger partial charge < -0.3 is 10.2 Å². The molecule has 1 saturated heterocycles. The maximum atomic E-state index is 12.4. The Morgan fingerprint density at radius 2 is 2.19 bits per heavy atom. The van der Waals surface area contributed by atoms with Gasteiger partial charge in [0.15, 0.2) is 5.78 Å². The number of fused-ring (bicyclic) bond motifs is 1. The molecule has 1 aromatic carbocycles. The van der Waals surface area contributed by atoms with Crippen LogP contribution in [0.2, 0.25) is 0 Å². The summed E-state index contributed by atoms with van der Waals surface area (Å²) in [6.45, 7) is 2.32. The van der Waals surface area contributed by atoms with E-state index in [1.165, 1.54) is 5.56 Å². The van der Waals surface area contributed by atoms with Crippen LogP contribution in [0.3, 0.4) is 0 Å². The summed E-state index contributed by atoms with van der Waals surface area (Å²) in [5, 5.41) is 3.45. The van der Waals surface area contributed by atoms with Crippen molar-refractivity contribution in [2.45, 2.75) is 31.2 Å². The standard InChI is InChI=1S/C16H15IN2O2/c1-9(20)19-7-6-16-10-4-2-3-5-11(10)18-15(16)14(17)12(21)8-13(16)19/h2-5,13,18H,6-8H2,1H3/t13-,16+/m0/s1. The van der Waals surface area contributed by atoms with Crippen LogP contribution in [-0.2, 0) is 15.0 Å². The molecule has 0 aromatic heterocycles. The highest BCUT2D eigenvalue weighted by molar-refractivity contribution is 14.1. The lowest BCUT2D eigenvalue weighted by Crippen LogP contribution is -2.48. The van der Waals surface area contributed by atoms with Gasteiger partial charge in [0, 0.05) is 31.3 Å². The number of ketones is 1. The SMILES string of the molecule is CC(=O)N1CC[C@]23C(=C(I)C(=O)C[C@H]12)Nc1ccccc13. The second-order valence-electron chi connectivity index (χ2n) is 5.94. The molecule has 1 aromatic rings. The number of benzene rings is 1. The number of halogens is 1. The summed E-state index contributed by atoms with van der Waals surface area (Å²) in [5.41, 5.74) is 3.10. The molecule has 1 N–H and O–H groups in total. The molecule has 2 heterocycles. The summed E-state index contributed by atoms with van der Waals surface area (Å²) in [4.78, 5) is 26.2. The number of anilines is 1. The van der Waals surface area contributed by atoms with Crippen molar-refractivity contribution in [3.8, 4) is 0 Å². The van der Waals surface area contributed by atoms with Crippen molar-refractivity contribution in [1.29, 1.82) is 0 Å². The first-order valence-electron chi connectivity index (χ1n) is 7.13. The van der Waals surface area contributed by atoms with Crippen LogP contribution in [0.15, 0.2) is 33.5 Å². The van der Waals surface area contributed by atoms with E-state index in [-0.39, 0.29) is 23.1 Å². The van der Waals surface area contributed by atoms with Crippen molar-refractivity contribution in [2.24, 2.45) is 0 Å². The third-order valence-corrected chi connectivity index (χ3v) is 6.19. The molecule has 0 saturated carbocycles. The number of Topliss-reactive ketones (excluding diaryl/α,β-unsaturated/α-hetero) is 1. The normalized spacial score (nSPS) is 29.9. The molecule has 1 spiro atoms. The van der Waals surface area contributed by atoms with Gasteiger partial charge in [0.2, 0.25) is 5.91 Å². The van der Waals surface area contributed by atoms with Crippen LogP contribution in [0.4, 0.5) is 5.69 Å². The van der Waals surface area contributed by atoms with Gasteiger partial charge in [-0.05, 0) is 40.6 Å². The van der Waals surface area contributed by atoms with Gasteiger partial charge in [0.25, 0.3) is 0 Å². The Bertz CT molecular complexity index is 712. The molecule has 0 bridgehead atoms. The van der Waals surface area contributed by atoms with Crippen molar-refractivity contribution >= 4 is 40.0 Å². The number of hydrogen-bond acceptors (Lipinski definition) is 3. The van der Waals surface area contributed by atoms with Crippen molar-refractivity contribution in [3.63, 3.8) is 0 Å². The van der Waals surface area contributed by atoms with Crippen molar-refractivity contribution in [2.75, 3.05) is 11.9 Å². The number of allylic oxidation sites excluding steroid dienone is 1. The van der Waals surface area contributed by atoms with E-state index in [9.17, 15) is 9.59 Å². The van der Waals surface area contributed by atoms with Crippen LogP contribution >= 0.6 is 22.6 Å². The topological polar surface area (TPSA) is 49.4 Å². The molecule has 21 heavy (non-hydrogen) atoms. The third-order valence-electron chi connectivity index (χ3n) is 5.05. The van der Waals surface area contributed by atoms with E-state index < -0.39 is 0 Å². The lowest BCUT2D eigenvalue weighted by Gasteiger charge is -2.39. The molecule has 0 radical (unpaired) electrons. The average Bonchev–Trinajstić information content (AvgIpc) is 3.00. The van der Waals surface area contributed by atoms with Crippen LogP contribution in [0, 0.1) is 0 Å². The minimum absolute atomic E-state index is 0.0489. The Morgan fingerprint density at radius 3 is 2.95 bits per heavy atom. The monoisotopic (exact) mass is 394 g/mol. The second kappa shape index (κ2) is 4.32. The van der Waals surface area contributed by atoms with Crippen LogP contribution in [0.25, 0.3) is 0 Å². The highest BCUT2D eigenvalue weighted by Crippen LogP contribution is 2.57. The largest absolute Gasteiger partial charge is 0.357 e. The predicted octanol–water partition coefficient (Wildman–Crippen LogP) is 2.59. The molecular formula is C16H15IN2O2. The highest BCUT2D eigenvalue weighted by atomic mass is 127. The third kappa shape index (κ3) is 1.55. The molecule has 4 nitrogen and oxygen atoms in total. The fourth-order valence-corrected chi connectivity index (χ4v) is 5.01. The van der Waals surface area contributed by atoms with Gasteiger partial charge in [-0.25, -0.2) is 0 Å². The molecule has 2 aliphatic heterocycles. The summed E-state index contributed by atoms with van der Waals surface area (Å²) in [5.74, 6) is 0.199. The Hall–Kier alpha value is -1.37. The molecule has 2 atom stereocenters. The molecule has 5 heteroatoms. The van der Waals surface area contributed by atoms with E-state index in [4.69, 9.17) is 0 Å². The number of nitrogens with zero attached hydrogens (tertiary/aromatic N) is 1. The summed E-state index contributed by atoms with van der Waals surface area (Å²) in [7, 11) is 0. The minimum Gasteiger partial charge on any atom is -0.357 e. The fraction of sp³-hybridized carbons (Fsp3) is 0.375. The molecule has 1 fully saturated rings. The van der Waals surface area contributed by atoms with Crippen LogP contribution < -0.4 is 5.32 Å². The number of nitrogens with one attached hydrogen (secondary N) is 1. The number of rotatable bonds is 0. The van der Waals surface area contributed by atoms with Gasteiger partial charge >= 0.3 is 0 Å². The van der Waals surface area contributed by atoms with Gasteiger partial charge in [-0.2, -0.15) is 0 Å². The lowest BCUT2D eigenvalue weighted by molar-refractivity contribution is -0.131. The lowest BCUT2D eigenvalue weighted by atomic mass is 9.69. The Labute approximate surface area is 136 Å². The van der Waals surface area contributed by atoms with E-state index >= 15 is 0 Å². The zero-order valence-electron chi connectivity index (χ0n) is 11.6. The van der Waals surface area contributed by atoms with Gasteiger partial charge in [0.1, 0.15) is 0 Å². The van der Waals surface area contributed by atoms with Gasteiger partial charge in [-0.15, -0.1) is 0 Å². The number of hydrogen-bond donors (Lipinski definition) is 1. The number of likely N-dealkylation sites (tertiary alicyclic amines) is 1. The van der Waals surface area contributed by atoms with Crippen LogP contribution in [-0.4, -0.2) is 29.2 Å². The second-order valence-corrected chi connectivity index (χ2v) is 7.02. The van der Waals surface area contributed by atoms with E-state index in [1.807, 2.05) is 17.0 Å². The van der Waals surface area contributed by atoms with Crippen molar-refractivity contribution in [1.82, 2.24) is 4.90 Å². The van der Waals surface area contributed by atoms with Gasteiger partial charge in [-0.1, -0.05) is 18.2 Å². The zero-order valence-corrected chi connectivity index (χ0v) is 13.8. The summed E-state index contributed by atoms with van der Waals surface area (Å²) in [6.07, 6.45) is 1.31. The molecular weight excluding hydrogens is 379 g/mol. The van der Waals surface area contributed by atoms with Gasteiger partial charge in [-0.3, -0.25) is 9.59 Å². The molecule has 1 aliphatic carbocycles. The smallest absolute Gasteiger partial charge is 0.219 e. The Kier molecular flexibility index (Phi) is 2.73. The fourth-order valence-electron chi connectivity index (χ4n) is 4.17. The Balaban J connectivity index is 1.98. The van der Waals surface area contributed by atoms with E-state index in [0.717, 1.165) is 27.9 Å². The van der Waals surface area contributed by atoms with E-state index in [0.29, 0.717) is 6.42 Å². The molecule has 4 rings (SSSR count). The number of carbonyl (C=O) groups excluding carboxylic acids is 2. The highest BCUT2D eigenvalue weighted by Gasteiger charge is 2.59. The zero-order chi connectivity index (χ0) is 14.8. The van der Waals surface area contributed by atoms with Gasteiger partial charge in [0.05, 0.1) is 15.0 Å².